The fourth-order valence-corrected chi connectivity index (χ4v) is 2.16. The normalized spacial score (nSPS) is 23.3. The molecule has 2 N–H and O–H groups in total. The highest BCUT2D eigenvalue weighted by molar-refractivity contribution is 5.82. The van der Waals surface area contributed by atoms with E-state index in [9.17, 15) is 23.1 Å². The Balaban J connectivity index is 2.22. The Morgan fingerprint density at radius 3 is 2.44 bits per heavy atom. The van der Waals surface area contributed by atoms with Gasteiger partial charge in [-0.1, -0.05) is 24.3 Å². The van der Waals surface area contributed by atoms with Crippen LogP contribution in [-0.4, -0.2) is 17.2 Å². The predicted octanol–water partition coefficient (Wildman–Crippen LogP) is 2.23. The summed E-state index contributed by atoms with van der Waals surface area (Å²) in [6.45, 7) is 0. The summed E-state index contributed by atoms with van der Waals surface area (Å²) in [5.74, 6) is -1.95. The van der Waals surface area contributed by atoms with E-state index in [0.717, 1.165) is 0 Å². The third-order valence-corrected chi connectivity index (χ3v) is 3.02. The number of rotatable bonds is 1. The average Bonchev–Trinajstić information content (AvgIpc) is 2.32. The fourth-order valence-electron chi connectivity index (χ4n) is 2.16. The number of hydrogen-bond donors (Lipinski definition) is 2. The maximum atomic E-state index is 12.2. The third-order valence-electron chi connectivity index (χ3n) is 3.02. The Hall–Kier alpha value is -1.56. The number of benzene rings is 1. The van der Waals surface area contributed by atoms with Gasteiger partial charge in [0.15, 0.2) is 0 Å². The molecule has 2 rings (SSSR count). The zero-order valence-electron chi connectivity index (χ0n) is 9.37. The highest BCUT2D eigenvalue weighted by Crippen LogP contribution is 2.36. The number of hydrogen-bond acceptors (Lipinski definition) is 2. The monoisotopic (exact) mass is 259 g/mol. The van der Waals surface area contributed by atoms with E-state index in [1.807, 2.05) is 5.32 Å². The summed E-state index contributed by atoms with van der Waals surface area (Å²) in [6, 6.07) is 5.96. The van der Waals surface area contributed by atoms with Crippen LogP contribution in [-0.2, 0) is 4.79 Å². The summed E-state index contributed by atoms with van der Waals surface area (Å²) in [5.41, 5.74) is 1.13. The summed E-state index contributed by atoms with van der Waals surface area (Å²) in [6.07, 6.45) is -4.94. The lowest BCUT2D eigenvalue weighted by atomic mass is 9.86. The minimum atomic E-state index is -4.88. The number of aliphatic hydroxyl groups is 1. The molecule has 0 spiro atoms. The van der Waals surface area contributed by atoms with Crippen molar-refractivity contribution in [1.29, 1.82) is 0 Å². The van der Waals surface area contributed by atoms with Gasteiger partial charge in [-0.05, 0) is 24.0 Å². The van der Waals surface area contributed by atoms with Gasteiger partial charge in [0.1, 0.15) is 0 Å². The average molecular weight is 259 g/mol. The summed E-state index contributed by atoms with van der Waals surface area (Å²) < 4.78 is 36.6. The van der Waals surface area contributed by atoms with E-state index in [0.29, 0.717) is 24.0 Å². The molecule has 1 aromatic carbocycles. The molecule has 98 valence electrons. The quantitative estimate of drug-likeness (QED) is 0.812. The largest absolute Gasteiger partial charge is 0.471 e. The number of alkyl halides is 3. The SMILES string of the molecule is O=C(N[C@@H]1CCC(O)c2ccccc21)C(F)(F)F. The zero-order chi connectivity index (χ0) is 13.3. The molecular weight excluding hydrogens is 247 g/mol. The van der Waals surface area contributed by atoms with Crippen molar-refractivity contribution < 1.29 is 23.1 Å². The first-order valence-electron chi connectivity index (χ1n) is 5.54. The molecule has 0 fully saturated rings. The first-order chi connectivity index (χ1) is 8.39. The number of amides is 1. The molecule has 18 heavy (non-hydrogen) atoms. The molecular formula is C12H12F3NO2. The summed E-state index contributed by atoms with van der Waals surface area (Å²) in [4.78, 5) is 10.9. The van der Waals surface area contributed by atoms with Crippen molar-refractivity contribution in [3.8, 4) is 0 Å². The molecule has 0 aliphatic heterocycles. The minimum absolute atomic E-state index is 0.292. The van der Waals surface area contributed by atoms with Crippen LogP contribution in [0.2, 0.25) is 0 Å². The van der Waals surface area contributed by atoms with E-state index in [1.165, 1.54) is 0 Å². The van der Waals surface area contributed by atoms with Gasteiger partial charge in [-0.25, -0.2) is 0 Å². The first kappa shape index (κ1) is 12.9. The van der Waals surface area contributed by atoms with Crippen LogP contribution in [0.25, 0.3) is 0 Å². The lowest BCUT2D eigenvalue weighted by Gasteiger charge is -2.29. The number of aliphatic hydroxyl groups excluding tert-OH is 1. The number of nitrogens with one attached hydrogen (secondary N) is 1. The standard InChI is InChI=1S/C12H12F3NO2/c13-12(14,15)11(18)16-9-5-6-10(17)8-4-2-1-3-7(8)9/h1-4,9-10,17H,5-6H2,(H,16,18)/t9-,10?/m1/s1. The van der Waals surface area contributed by atoms with Crippen LogP contribution >= 0.6 is 0 Å². The molecule has 1 aliphatic carbocycles. The molecule has 1 unspecified atom stereocenters. The molecule has 1 aromatic rings. The lowest BCUT2D eigenvalue weighted by Crippen LogP contribution is -2.40. The van der Waals surface area contributed by atoms with Gasteiger partial charge >= 0.3 is 12.1 Å². The van der Waals surface area contributed by atoms with E-state index in [-0.39, 0.29) is 0 Å². The third kappa shape index (κ3) is 2.48. The van der Waals surface area contributed by atoms with Gasteiger partial charge < -0.3 is 10.4 Å². The van der Waals surface area contributed by atoms with Crippen LogP contribution < -0.4 is 5.32 Å². The van der Waals surface area contributed by atoms with Crippen molar-refractivity contribution >= 4 is 5.91 Å². The Morgan fingerprint density at radius 2 is 1.83 bits per heavy atom. The van der Waals surface area contributed by atoms with Gasteiger partial charge in [0.05, 0.1) is 12.1 Å². The highest BCUT2D eigenvalue weighted by atomic mass is 19.4. The molecule has 3 nitrogen and oxygen atoms in total. The summed E-state index contributed by atoms with van der Waals surface area (Å²) in [5, 5.41) is 11.7. The van der Waals surface area contributed by atoms with Crippen molar-refractivity contribution in [2.75, 3.05) is 0 Å². The van der Waals surface area contributed by atoms with E-state index in [4.69, 9.17) is 0 Å². The Morgan fingerprint density at radius 1 is 1.22 bits per heavy atom. The molecule has 2 atom stereocenters. The molecule has 0 bridgehead atoms. The van der Waals surface area contributed by atoms with Crippen LogP contribution in [0.5, 0.6) is 0 Å². The summed E-state index contributed by atoms with van der Waals surface area (Å²) >= 11 is 0. The maximum Gasteiger partial charge on any atom is 0.471 e. The summed E-state index contributed by atoms with van der Waals surface area (Å²) in [7, 11) is 0. The second-order valence-corrected chi connectivity index (χ2v) is 4.25. The van der Waals surface area contributed by atoms with Crippen LogP contribution in [0.4, 0.5) is 13.2 Å². The Labute approximate surface area is 102 Å². The molecule has 1 amide bonds. The van der Waals surface area contributed by atoms with Crippen molar-refractivity contribution in [2.24, 2.45) is 0 Å². The van der Waals surface area contributed by atoms with Gasteiger partial charge in [0.25, 0.3) is 0 Å². The lowest BCUT2D eigenvalue weighted by molar-refractivity contribution is -0.174. The number of carbonyl (C=O) groups excluding carboxylic acids is 1. The number of carbonyl (C=O) groups is 1. The zero-order valence-corrected chi connectivity index (χ0v) is 9.37. The molecule has 1 aliphatic rings. The van der Waals surface area contributed by atoms with Crippen molar-refractivity contribution in [2.45, 2.75) is 31.2 Å². The Kier molecular flexibility index (Phi) is 3.30. The van der Waals surface area contributed by atoms with Gasteiger partial charge in [-0.15, -0.1) is 0 Å². The van der Waals surface area contributed by atoms with Gasteiger partial charge in [-0.2, -0.15) is 13.2 Å². The first-order valence-corrected chi connectivity index (χ1v) is 5.54. The van der Waals surface area contributed by atoms with Crippen LogP contribution in [0.1, 0.15) is 36.1 Å². The molecule has 6 heteroatoms. The predicted molar refractivity (Wildman–Crippen MR) is 57.6 cm³/mol. The van der Waals surface area contributed by atoms with Gasteiger partial charge in [0.2, 0.25) is 0 Å². The number of fused-ring (bicyclic) bond motifs is 1. The van der Waals surface area contributed by atoms with Crippen LogP contribution in [0, 0.1) is 0 Å². The highest BCUT2D eigenvalue weighted by Gasteiger charge is 2.40. The second kappa shape index (κ2) is 4.61. The van der Waals surface area contributed by atoms with E-state index in [2.05, 4.69) is 0 Å². The molecule has 0 radical (unpaired) electrons. The fraction of sp³-hybridized carbons (Fsp3) is 0.417. The smallest absolute Gasteiger partial charge is 0.388 e. The number of halogens is 3. The van der Waals surface area contributed by atoms with Crippen molar-refractivity contribution in [1.82, 2.24) is 5.32 Å². The molecule has 0 heterocycles. The van der Waals surface area contributed by atoms with Crippen LogP contribution in [0.3, 0.4) is 0 Å². The van der Waals surface area contributed by atoms with E-state index in [1.54, 1.807) is 24.3 Å². The van der Waals surface area contributed by atoms with Crippen LogP contribution in [0.15, 0.2) is 24.3 Å². The maximum absolute atomic E-state index is 12.2. The topological polar surface area (TPSA) is 49.3 Å². The molecule has 0 saturated carbocycles. The van der Waals surface area contributed by atoms with Gasteiger partial charge in [0, 0.05) is 0 Å². The van der Waals surface area contributed by atoms with Gasteiger partial charge in [-0.3, -0.25) is 4.79 Å². The van der Waals surface area contributed by atoms with E-state index < -0.39 is 24.2 Å². The molecule has 0 aromatic heterocycles. The molecule has 0 saturated heterocycles. The second-order valence-electron chi connectivity index (χ2n) is 4.25. The minimum Gasteiger partial charge on any atom is -0.388 e. The Bertz CT molecular complexity index is 459. The van der Waals surface area contributed by atoms with Crippen molar-refractivity contribution in [3.63, 3.8) is 0 Å². The van der Waals surface area contributed by atoms with Crippen molar-refractivity contribution in [3.05, 3.63) is 35.4 Å². The van der Waals surface area contributed by atoms with E-state index >= 15 is 0 Å².